The molecule has 0 radical (unpaired) electrons. The summed E-state index contributed by atoms with van der Waals surface area (Å²) < 4.78 is 49.1. The van der Waals surface area contributed by atoms with E-state index in [1.54, 1.807) is 0 Å². The molecule has 0 aliphatic rings. The minimum absolute atomic E-state index is 0.121. The Kier molecular flexibility index (Phi) is 5.00. The number of aliphatic hydroxyl groups excluding tert-OH is 1. The third kappa shape index (κ3) is 3.95. The minimum atomic E-state index is -3.48. The molecule has 3 N–H and O–H groups in total. The van der Waals surface area contributed by atoms with Crippen LogP contribution < -0.4 is 5.73 Å². The molecule has 108 valence electrons. The van der Waals surface area contributed by atoms with Crippen LogP contribution in [0.15, 0.2) is 18.2 Å². The van der Waals surface area contributed by atoms with Crippen molar-refractivity contribution in [3.05, 3.63) is 35.4 Å². The zero-order valence-electron chi connectivity index (χ0n) is 10.7. The van der Waals surface area contributed by atoms with Gasteiger partial charge in [-0.1, -0.05) is 0 Å². The number of rotatable bonds is 5. The molecule has 0 saturated carbocycles. The van der Waals surface area contributed by atoms with E-state index in [1.165, 1.54) is 6.92 Å². The predicted octanol–water partition coefficient (Wildman–Crippen LogP) is 0.801. The van der Waals surface area contributed by atoms with Crippen LogP contribution in [0.5, 0.6) is 0 Å². The van der Waals surface area contributed by atoms with Crippen LogP contribution in [0.4, 0.5) is 8.78 Å². The molecule has 0 aliphatic heterocycles. The first-order valence-electron chi connectivity index (χ1n) is 5.69. The number of nitrogens with two attached hydrogens (primary N) is 1. The van der Waals surface area contributed by atoms with Gasteiger partial charge in [0.05, 0.1) is 11.4 Å². The Morgan fingerprint density at radius 1 is 1.26 bits per heavy atom. The lowest BCUT2D eigenvalue weighted by atomic mass is 9.91. The first-order chi connectivity index (χ1) is 8.66. The molecule has 0 aliphatic carbocycles. The van der Waals surface area contributed by atoms with Gasteiger partial charge in [-0.05, 0) is 24.6 Å². The average Bonchev–Trinajstić information content (AvgIpc) is 2.26. The normalized spacial score (nSPS) is 16.9. The van der Waals surface area contributed by atoms with Crippen molar-refractivity contribution in [3.8, 4) is 0 Å². The SMILES string of the molecule is CC(C(O)C(CN)c1cc(F)cc(F)c1)S(C)(=O)=O. The Balaban J connectivity index is 3.13. The highest BCUT2D eigenvalue weighted by atomic mass is 32.2. The van der Waals surface area contributed by atoms with Crippen molar-refractivity contribution in [1.29, 1.82) is 0 Å². The second kappa shape index (κ2) is 5.94. The van der Waals surface area contributed by atoms with E-state index in [1.807, 2.05) is 0 Å². The number of halogens is 2. The van der Waals surface area contributed by atoms with Crippen LogP contribution >= 0.6 is 0 Å². The van der Waals surface area contributed by atoms with Crippen LogP contribution in [0, 0.1) is 11.6 Å². The van der Waals surface area contributed by atoms with Crippen molar-refractivity contribution in [3.63, 3.8) is 0 Å². The van der Waals surface area contributed by atoms with E-state index < -0.39 is 38.7 Å². The fourth-order valence-electron chi connectivity index (χ4n) is 1.84. The highest BCUT2D eigenvalue weighted by Gasteiger charge is 2.31. The quantitative estimate of drug-likeness (QED) is 0.841. The second-order valence-electron chi connectivity index (χ2n) is 4.57. The van der Waals surface area contributed by atoms with E-state index in [2.05, 4.69) is 0 Å². The van der Waals surface area contributed by atoms with Gasteiger partial charge in [0.2, 0.25) is 0 Å². The van der Waals surface area contributed by atoms with Crippen LogP contribution in [0.1, 0.15) is 18.4 Å². The van der Waals surface area contributed by atoms with Gasteiger partial charge in [-0.2, -0.15) is 0 Å². The summed E-state index contributed by atoms with van der Waals surface area (Å²) in [5.74, 6) is -2.45. The fraction of sp³-hybridized carbons (Fsp3) is 0.500. The van der Waals surface area contributed by atoms with E-state index >= 15 is 0 Å². The lowest BCUT2D eigenvalue weighted by molar-refractivity contribution is 0.143. The third-order valence-electron chi connectivity index (χ3n) is 3.14. The van der Waals surface area contributed by atoms with Gasteiger partial charge < -0.3 is 10.8 Å². The van der Waals surface area contributed by atoms with Gasteiger partial charge in [-0.3, -0.25) is 0 Å². The maximum absolute atomic E-state index is 13.1. The highest BCUT2D eigenvalue weighted by Crippen LogP contribution is 2.25. The van der Waals surface area contributed by atoms with Gasteiger partial charge in [0.25, 0.3) is 0 Å². The molecule has 0 aromatic heterocycles. The Morgan fingerprint density at radius 2 is 1.74 bits per heavy atom. The van der Waals surface area contributed by atoms with Crippen molar-refractivity contribution >= 4 is 9.84 Å². The maximum atomic E-state index is 13.1. The molecule has 19 heavy (non-hydrogen) atoms. The topological polar surface area (TPSA) is 80.4 Å². The van der Waals surface area contributed by atoms with E-state index in [0.717, 1.165) is 18.4 Å². The highest BCUT2D eigenvalue weighted by molar-refractivity contribution is 7.91. The Labute approximate surface area is 111 Å². The van der Waals surface area contributed by atoms with Crippen LogP contribution in [0.3, 0.4) is 0 Å². The van der Waals surface area contributed by atoms with Crippen molar-refractivity contribution in [2.24, 2.45) is 5.73 Å². The lowest BCUT2D eigenvalue weighted by Gasteiger charge is -2.26. The van der Waals surface area contributed by atoms with Gasteiger partial charge in [0.15, 0.2) is 9.84 Å². The van der Waals surface area contributed by atoms with Crippen molar-refractivity contribution in [2.75, 3.05) is 12.8 Å². The van der Waals surface area contributed by atoms with Crippen LogP contribution in [0.2, 0.25) is 0 Å². The zero-order valence-corrected chi connectivity index (χ0v) is 11.5. The standard InChI is InChI=1S/C12H17F2NO3S/c1-7(19(2,17)18)12(16)11(6-15)8-3-9(13)5-10(14)4-8/h3-5,7,11-12,16H,6,15H2,1-2H3. The van der Waals surface area contributed by atoms with Crippen LogP contribution in [0.25, 0.3) is 0 Å². The molecule has 3 atom stereocenters. The summed E-state index contributed by atoms with van der Waals surface area (Å²) in [6, 6.07) is 2.78. The van der Waals surface area contributed by atoms with E-state index in [9.17, 15) is 22.3 Å². The molecular formula is C12H17F2NO3S. The molecular weight excluding hydrogens is 276 g/mol. The summed E-state index contributed by atoms with van der Waals surface area (Å²) in [4.78, 5) is 0. The van der Waals surface area contributed by atoms with Gasteiger partial charge in [-0.15, -0.1) is 0 Å². The zero-order chi connectivity index (χ0) is 14.8. The molecule has 1 aromatic carbocycles. The minimum Gasteiger partial charge on any atom is -0.391 e. The summed E-state index contributed by atoms with van der Waals surface area (Å²) in [5, 5.41) is 8.97. The fourth-order valence-corrected chi connectivity index (χ4v) is 2.54. The number of hydrogen-bond donors (Lipinski definition) is 2. The van der Waals surface area contributed by atoms with Crippen molar-refractivity contribution in [1.82, 2.24) is 0 Å². The maximum Gasteiger partial charge on any atom is 0.152 e. The molecule has 1 rings (SSSR count). The number of sulfone groups is 1. The molecule has 0 bridgehead atoms. The Bertz CT molecular complexity index is 528. The second-order valence-corrected chi connectivity index (χ2v) is 6.97. The largest absolute Gasteiger partial charge is 0.391 e. The molecule has 3 unspecified atom stereocenters. The first-order valence-corrected chi connectivity index (χ1v) is 7.65. The molecule has 0 spiro atoms. The van der Waals surface area contributed by atoms with Gasteiger partial charge in [0.1, 0.15) is 11.6 Å². The number of hydrogen-bond acceptors (Lipinski definition) is 4. The summed E-state index contributed by atoms with van der Waals surface area (Å²) in [6.07, 6.45) is -0.345. The Hall–Kier alpha value is -1.05. The molecule has 0 heterocycles. The number of benzene rings is 1. The van der Waals surface area contributed by atoms with E-state index in [4.69, 9.17) is 5.73 Å². The number of aliphatic hydroxyl groups is 1. The van der Waals surface area contributed by atoms with Gasteiger partial charge in [0, 0.05) is 24.8 Å². The third-order valence-corrected chi connectivity index (χ3v) is 4.77. The predicted molar refractivity (Wildman–Crippen MR) is 68.5 cm³/mol. The molecule has 0 amide bonds. The van der Waals surface area contributed by atoms with E-state index in [-0.39, 0.29) is 12.1 Å². The van der Waals surface area contributed by atoms with Gasteiger partial charge in [-0.25, -0.2) is 17.2 Å². The summed E-state index contributed by atoms with van der Waals surface area (Å²) in [6.45, 7) is 1.21. The first kappa shape index (κ1) is 16.0. The molecule has 0 fully saturated rings. The Morgan fingerprint density at radius 3 is 2.11 bits per heavy atom. The van der Waals surface area contributed by atoms with E-state index in [0.29, 0.717) is 6.07 Å². The molecule has 0 saturated heterocycles. The summed E-state index contributed by atoms with van der Waals surface area (Å²) in [7, 11) is -3.48. The lowest BCUT2D eigenvalue weighted by Crippen LogP contribution is -2.38. The average molecular weight is 293 g/mol. The summed E-state index contributed by atoms with van der Waals surface area (Å²) >= 11 is 0. The molecule has 7 heteroatoms. The van der Waals surface area contributed by atoms with Crippen molar-refractivity contribution < 1.29 is 22.3 Å². The van der Waals surface area contributed by atoms with Crippen molar-refractivity contribution in [2.45, 2.75) is 24.2 Å². The van der Waals surface area contributed by atoms with Gasteiger partial charge >= 0.3 is 0 Å². The molecule has 1 aromatic rings. The molecule has 4 nitrogen and oxygen atoms in total. The van der Waals surface area contributed by atoms with Crippen LogP contribution in [-0.4, -0.2) is 37.7 Å². The van der Waals surface area contributed by atoms with Crippen LogP contribution in [-0.2, 0) is 9.84 Å². The smallest absolute Gasteiger partial charge is 0.152 e. The monoisotopic (exact) mass is 293 g/mol. The summed E-state index contributed by atoms with van der Waals surface area (Å²) in [5.41, 5.74) is 5.63.